The Hall–Kier alpha value is -2.28. The van der Waals surface area contributed by atoms with Crippen molar-refractivity contribution in [3.05, 3.63) is 46.6 Å². The maximum Gasteiger partial charge on any atom is 0.416 e. The normalized spacial score (nSPS) is 14.4. The third-order valence-electron chi connectivity index (χ3n) is 3.83. The number of hydrogen-bond donors (Lipinski definition) is 1. The van der Waals surface area contributed by atoms with Gasteiger partial charge in [-0.15, -0.1) is 0 Å². The summed E-state index contributed by atoms with van der Waals surface area (Å²) < 4.78 is 44.6. The van der Waals surface area contributed by atoms with Crippen molar-refractivity contribution >= 4 is 17.6 Å². The van der Waals surface area contributed by atoms with Crippen LogP contribution in [-0.2, 0) is 6.18 Å². The largest absolute Gasteiger partial charge is 0.478 e. The second-order valence-corrected chi connectivity index (χ2v) is 6.24. The highest BCUT2D eigenvalue weighted by Gasteiger charge is 2.31. The number of rotatable bonds is 5. The van der Waals surface area contributed by atoms with E-state index in [1.165, 1.54) is 6.07 Å². The van der Waals surface area contributed by atoms with Gasteiger partial charge in [0, 0.05) is 22.3 Å². The Morgan fingerprint density at radius 2 is 2.00 bits per heavy atom. The van der Waals surface area contributed by atoms with E-state index in [4.69, 9.17) is 21.4 Å². The molecule has 0 radical (unpaired) electrons. The maximum absolute atomic E-state index is 13.0. The number of aromatic carboxylic acids is 1. The topological polar surface area (TPSA) is 59.4 Å². The molecule has 1 aliphatic carbocycles. The Labute approximate surface area is 146 Å². The molecule has 1 aromatic heterocycles. The van der Waals surface area contributed by atoms with Gasteiger partial charge >= 0.3 is 12.1 Å². The highest BCUT2D eigenvalue weighted by molar-refractivity contribution is 6.33. The zero-order chi connectivity index (χ0) is 18.2. The number of ether oxygens (including phenoxy) is 1. The molecule has 3 rings (SSSR count). The van der Waals surface area contributed by atoms with Crippen molar-refractivity contribution in [2.75, 3.05) is 6.61 Å². The fraction of sp³-hybridized carbons (Fsp3) is 0.294. The van der Waals surface area contributed by atoms with Gasteiger partial charge in [-0.1, -0.05) is 11.6 Å². The van der Waals surface area contributed by atoms with E-state index in [1.54, 1.807) is 0 Å². The number of carboxylic acids is 1. The van der Waals surface area contributed by atoms with Gasteiger partial charge in [0.15, 0.2) is 0 Å². The highest BCUT2D eigenvalue weighted by atomic mass is 35.5. The second kappa shape index (κ2) is 6.55. The molecule has 132 valence electrons. The highest BCUT2D eigenvalue weighted by Crippen LogP contribution is 2.39. The first kappa shape index (κ1) is 17.5. The minimum atomic E-state index is -4.55. The zero-order valence-electron chi connectivity index (χ0n) is 12.8. The smallest absolute Gasteiger partial charge is 0.416 e. The quantitative estimate of drug-likeness (QED) is 0.811. The minimum Gasteiger partial charge on any atom is -0.478 e. The van der Waals surface area contributed by atoms with Crippen LogP contribution >= 0.6 is 11.6 Å². The van der Waals surface area contributed by atoms with E-state index in [-0.39, 0.29) is 27.6 Å². The van der Waals surface area contributed by atoms with Crippen molar-refractivity contribution in [2.24, 2.45) is 5.92 Å². The summed E-state index contributed by atoms with van der Waals surface area (Å²) in [6, 6.07) is 4.08. The average molecular weight is 372 g/mol. The first-order valence-corrected chi connectivity index (χ1v) is 7.87. The van der Waals surface area contributed by atoms with Gasteiger partial charge in [-0.25, -0.2) is 9.78 Å². The Balaban J connectivity index is 2.09. The molecule has 0 bridgehead atoms. The third kappa shape index (κ3) is 4.04. The van der Waals surface area contributed by atoms with Gasteiger partial charge in [0.1, 0.15) is 0 Å². The van der Waals surface area contributed by atoms with E-state index in [2.05, 4.69) is 4.98 Å². The Morgan fingerprint density at radius 3 is 2.60 bits per heavy atom. The fourth-order valence-electron chi connectivity index (χ4n) is 2.27. The molecule has 1 aromatic carbocycles. The summed E-state index contributed by atoms with van der Waals surface area (Å²) >= 11 is 6.06. The van der Waals surface area contributed by atoms with Gasteiger partial charge in [-0.3, -0.25) is 0 Å². The predicted molar refractivity (Wildman–Crippen MR) is 84.9 cm³/mol. The number of carboxylic acid groups (broad SMARTS) is 1. The van der Waals surface area contributed by atoms with Crippen LogP contribution in [0.1, 0.15) is 28.8 Å². The summed E-state index contributed by atoms with van der Waals surface area (Å²) in [6.45, 7) is 0.378. The van der Waals surface area contributed by atoms with Crippen LogP contribution in [0.4, 0.5) is 13.2 Å². The first-order valence-electron chi connectivity index (χ1n) is 7.49. The minimum absolute atomic E-state index is 0.0258. The van der Waals surface area contributed by atoms with Crippen LogP contribution in [0.15, 0.2) is 30.5 Å². The van der Waals surface area contributed by atoms with Crippen molar-refractivity contribution in [1.82, 2.24) is 4.98 Å². The van der Waals surface area contributed by atoms with Crippen LogP contribution in [0.2, 0.25) is 5.02 Å². The molecule has 2 aromatic rings. The van der Waals surface area contributed by atoms with Gasteiger partial charge in [0.2, 0.25) is 5.88 Å². The molecule has 25 heavy (non-hydrogen) atoms. The van der Waals surface area contributed by atoms with Crippen LogP contribution in [0.5, 0.6) is 5.88 Å². The molecule has 0 spiro atoms. The molecule has 4 nitrogen and oxygen atoms in total. The number of hydrogen-bond acceptors (Lipinski definition) is 3. The van der Waals surface area contributed by atoms with Crippen molar-refractivity contribution in [3.63, 3.8) is 0 Å². The van der Waals surface area contributed by atoms with Crippen molar-refractivity contribution in [3.8, 4) is 17.0 Å². The molecular weight excluding hydrogens is 359 g/mol. The van der Waals surface area contributed by atoms with Gasteiger partial charge in [-0.2, -0.15) is 13.2 Å². The van der Waals surface area contributed by atoms with Crippen LogP contribution in [0.3, 0.4) is 0 Å². The fourth-order valence-corrected chi connectivity index (χ4v) is 2.49. The molecule has 1 N–H and O–H groups in total. The van der Waals surface area contributed by atoms with E-state index in [1.807, 2.05) is 0 Å². The van der Waals surface area contributed by atoms with Crippen LogP contribution in [0, 0.1) is 5.92 Å². The van der Waals surface area contributed by atoms with Gasteiger partial charge in [-0.05, 0) is 43.0 Å². The number of halogens is 4. The van der Waals surface area contributed by atoms with Crippen LogP contribution in [-0.4, -0.2) is 22.7 Å². The monoisotopic (exact) mass is 371 g/mol. The third-order valence-corrected chi connectivity index (χ3v) is 4.16. The number of carbonyl (C=O) groups is 1. The summed E-state index contributed by atoms with van der Waals surface area (Å²) in [5, 5.41) is 9.18. The lowest BCUT2D eigenvalue weighted by molar-refractivity contribution is -0.137. The molecule has 8 heteroatoms. The molecule has 0 unspecified atom stereocenters. The molecule has 1 aliphatic rings. The SMILES string of the molecule is O=C(O)c1cnc(OCC2CC2)c(-c2cc(C(F)(F)F)ccc2Cl)c1. The van der Waals surface area contributed by atoms with Gasteiger partial charge < -0.3 is 9.84 Å². The zero-order valence-corrected chi connectivity index (χ0v) is 13.6. The summed E-state index contributed by atoms with van der Waals surface area (Å²) in [5.41, 5.74) is -0.905. The Kier molecular flexibility index (Phi) is 4.60. The summed E-state index contributed by atoms with van der Waals surface area (Å²) in [4.78, 5) is 15.2. The van der Waals surface area contributed by atoms with E-state index in [9.17, 15) is 18.0 Å². The molecule has 0 saturated heterocycles. The molecule has 1 heterocycles. The first-order chi connectivity index (χ1) is 11.8. The van der Waals surface area contributed by atoms with E-state index in [0.29, 0.717) is 12.5 Å². The van der Waals surface area contributed by atoms with Gasteiger partial charge in [0.25, 0.3) is 0 Å². The average Bonchev–Trinajstić information content (AvgIpc) is 3.36. The van der Waals surface area contributed by atoms with Crippen molar-refractivity contribution in [1.29, 1.82) is 0 Å². The predicted octanol–water partition coefficient (Wildman–Crippen LogP) is 4.91. The van der Waals surface area contributed by atoms with Crippen molar-refractivity contribution in [2.45, 2.75) is 19.0 Å². The lowest BCUT2D eigenvalue weighted by Crippen LogP contribution is -2.07. The number of alkyl halides is 3. The lowest BCUT2D eigenvalue weighted by atomic mass is 10.0. The summed E-state index contributed by atoms with van der Waals surface area (Å²) in [6.07, 6.45) is -1.40. The lowest BCUT2D eigenvalue weighted by Gasteiger charge is -2.14. The maximum atomic E-state index is 13.0. The van der Waals surface area contributed by atoms with Gasteiger partial charge in [0.05, 0.1) is 17.7 Å². The second-order valence-electron chi connectivity index (χ2n) is 5.83. The Morgan fingerprint density at radius 1 is 1.28 bits per heavy atom. The number of nitrogens with zero attached hydrogens (tertiary/aromatic N) is 1. The summed E-state index contributed by atoms with van der Waals surface area (Å²) in [5.74, 6) is -0.783. The Bertz CT molecular complexity index is 819. The number of aromatic nitrogens is 1. The number of pyridine rings is 1. The molecule has 0 aliphatic heterocycles. The van der Waals surface area contributed by atoms with E-state index >= 15 is 0 Å². The van der Waals surface area contributed by atoms with Crippen LogP contribution < -0.4 is 4.74 Å². The van der Waals surface area contributed by atoms with E-state index in [0.717, 1.165) is 37.2 Å². The van der Waals surface area contributed by atoms with E-state index < -0.39 is 17.7 Å². The molecule has 0 atom stereocenters. The molecule has 0 amide bonds. The molecule has 1 fully saturated rings. The van der Waals surface area contributed by atoms with Crippen molar-refractivity contribution < 1.29 is 27.8 Å². The number of benzene rings is 1. The summed E-state index contributed by atoms with van der Waals surface area (Å²) in [7, 11) is 0. The van der Waals surface area contributed by atoms with Crippen LogP contribution in [0.25, 0.3) is 11.1 Å². The standard InChI is InChI=1S/C17H13ClF3NO3/c18-14-4-3-11(17(19,20)21)6-12(14)13-5-10(16(23)24)7-22-15(13)25-8-9-1-2-9/h3-7,9H,1-2,8H2,(H,23,24). The molecular formula is C17H13ClF3NO3. The molecule has 1 saturated carbocycles.